The molecule has 1 aliphatic carbocycles. The highest BCUT2D eigenvalue weighted by atomic mass is 79.9. The van der Waals surface area contributed by atoms with Gasteiger partial charge in [-0.05, 0) is 43.5 Å². The summed E-state index contributed by atoms with van der Waals surface area (Å²) in [6.07, 6.45) is 2.19. The van der Waals surface area contributed by atoms with Crippen LogP contribution in [0.2, 0.25) is 0 Å². The third kappa shape index (κ3) is 3.29. The molecule has 1 saturated carbocycles. The van der Waals surface area contributed by atoms with Gasteiger partial charge < -0.3 is 5.11 Å². The maximum Gasteiger partial charge on any atom is 0.313 e. The molecule has 1 fully saturated rings. The molecular formula is C14H14BrN3O2S. The Morgan fingerprint density at radius 1 is 1.43 bits per heavy atom. The standard InChI is InChI=1S/C14H14BrN3O2S/c1-8-4-9(6-10(15)5-8)13-16-17-14(21-7-12(19)20)18(13)11-2-3-11/h4-6,11H,2-3,7H2,1H3,(H,19,20). The van der Waals surface area contributed by atoms with Gasteiger partial charge in [-0.3, -0.25) is 9.36 Å². The van der Waals surface area contributed by atoms with Crippen LogP contribution >= 0.6 is 27.7 Å². The van der Waals surface area contributed by atoms with E-state index < -0.39 is 5.97 Å². The van der Waals surface area contributed by atoms with Crippen LogP contribution in [-0.2, 0) is 4.79 Å². The van der Waals surface area contributed by atoms with Crippen LogP contribution in [0.5, 0.6) is 0 Å². The summed E-state index contributed by atoms with van der Waals surface area (Å²) >= 11 is 4.73. The number of rotatable bonds is 5. The molecule has 0 spiro atoms. The third-order valence-electron chi connectivity index (χ3n) is 3.20. The van der Waals surface area contributed by atoms with Gasteiger partial charge in [0.25, 0.3) is 0 Å². The number of thioether (sulfide) groups is 1. The molecule has 2 aromatic rings. The number of carboxylic acid groups (broad SMARTS) is 1. The monoisotopic (exact) mass is 367 g/mol. The van der Waals surface area contributed by atoms with Crippen molar-refractivity contribution in [3.8, 4) is 11.4 Å². The number of aromatic nitrogens is 3. The van der Waals surface area contributed by atoms with Crippen molar-refractivity contribution in [3.63, 3.8) is 0 Å². The van der Waals surface area contributed by atoms with Crippen molar-refractivity contribution in [2.75, 3.05) is 5.75 Å². The predicted molar refractivity (Wildman–Crippen MR) is 84.5 cm³/mol. The zero-order chi connectivity index (χ0) is 15.0. The quantitative estimate of drug-likeness (QED) is 0.818. The molecule has 0 amide bonds. The molecular weight excluding hydrogens is 354 g/mol. The smallest absolute Gasteiger partial charge is 0.313 e. The highest BCUT2D eigenvalue weighted by molar-refractivity contribution is 9.10. The summed E-state index contributed by atoms with van der Waals surface area (Å²) in [5.41, 5.74) is 2.15. The maximum atomic E-state index is 10.8. The number of benzene rings is 1. The van der Waals surface area contributed by atoms with E-state index in [0.717, 1.165) is 34.3 Å². The number of halogens is 1. The predicted octanol–water partition coefficient (Wildman–Crippen LogP) is 3.53. The van der Waals surface area contributed by atoms with Gasteiger partial charge >= 0.3 is 5.97 Å². The Kier molecular flexibility index (Phi) is 4.03. The molecule has 0 bridgehead atoms. The summed E-state index contributed by atoms with van der Waals surface area (Å²) in [5.74, 6) is -0.0254. The van der Waals surface area contributed by atoms with Gasteiger partial charge in [-0.2, -0.15) is 0 Å². The van der Waals surface area contributed by atoms with Crippen molar-refractivity contribution >= 4 is 33.7 Å². The van der Waals surface area contributed by atoms with E-state index in [-0.39, 0.29) is 5.75 Å². The molecule has 0 atom stereocenters. The second-order valence-corrected chi connectivity index (χ2v) is 6.97. The van der Waals surface area contributed by atoms with Crippen molar-refractivity contribution in [3.05, 3.63) is 28.2 Å². The van der Waals surface area contributed by atoms with Crippen LogP contribution in [0.1, 0.15) is 24.4 Å². The fourth-order valence-corrected chi connectivity index (χ4v) is 3.56. The van der Waals surface area contributed by atoms with Crippen LogP contribution in [0.25, 0.3) is 11.4 Å². The van der Waals surface area contributed by atoms with E-state index in [1.807, 2.05) is 19.1 Å². The normalized spacial score (nSPS) is 14.4. The van der Waals surface area contributed by atoms with Crippen molar-refractivity contribution < 1.29 is 9.90 Å². The molecule has 7 heteroatoms. The molecule has 0 saturated heterocycles. The van der Waals surface area contributed by atoms with Crippen LogP contribution in [0, 0.1) is 6.92 Å². The van der Waals surface area contributed by atoms with E-state index in [2.05, 4.69) is 36.8 Å². The lowest BCUT2D eigenvalue weighted by Gasteiger charge is -2.09. The third-order valence-corrected chi connectivity index (χ3v) is 4.59. The largest absolute Gasteiger partial charge is 0.481 e. The highest BCUT2D eigenvalue weighted by Crippen LogP contribution is 2.41. The molecule has 1 aromatic heterocycles. The van der Waals surface area contributed by atoms with Crippen molar-refractivity contribution in [2.24, 2.45) is 0 Å². The van der Waals surface area contributed by atoms with Crippen molar-refractivity contribution in [1.29, 1.82) is 0 Å². The first-order valence-corrected chi connectivity index (χ1v) is 8.39. The van der Waals surface area contributed by atoms with E-state index in [1.165, 1.54) is 11.8 Å². The molecule has 3 rings (SSSR count). The first kappa shape index (κ1) is 14.6. The lowest BCUT2D eigenvalue weighted by molar-refractivity contribution is -0.133. The number of hydrogen-bond donors (Lipinski definition) is 1. The Labute approximate surface area is 134 Å². The second-order valence-electron chi connectivity index (χ2n) is 5.11. The first-order valence-electron chi connectivity index (χ1n) is 6.61. The average molecular weight is 368 g/mol. The molecule has 21 heavy (non-hydrogen) atoms. The minimum Gasteiger partial charge on any atom is -0.481 e. The summed E-state index contributed by atoms with van der Waals surface area (Å²) in [7, 11) is 0. The van der Waals surface area contributed by atoms with E-state index in [4.69, 9.17) is 5.11 Å². The topological polar surface area (TPSA) is 68.0 Å². The highest BCUT2D eigenvalue weighted by Gasteiger charge is 2.30. The Morgan fingerprint density at radius 3 is 2.81 bits per heavy atom. The minimum atomic E-state index is -0.842. The minimum absolute atomic E-state index is 0.00235. The van der Waals surface area contributed by atoms with E-state index in [0.29, 0.717) is 11.2 Å². The zero-order valence-corrected chi connectivity index (χ0v) is 13.8. The number of aliphatic carboxylic acids is 1. The maximum absolute atomic E-state index is 10.8. The molecule has 0 unspecified atom stereocenters. The van der Waals surface area contributed by atoms with Crippen LogP contribution in [0.15, 0.2) is 27.8 Å². The summed E-state index contributed by atoms with van der Waals surface area (Å²) in [5, 5.41) is 18.0. The van der Waals surface area contributed by atoms with Gasteiger partial charge in [0.1, 0.15) is 0 Å². The molecule has 110 valence electrons. The number of carboxylic acids is 1. The fourth-order valence-electron chi connectivity index (χ4n) is 2.23. The van der Waals surface area contributed by atoms with Gasteiger partial charge in [0.2, 0.25) is 0 Å². The Hall–Kier alpha value is -1.34. The molecule has 0 radical (unpaired) electrons. The summed E-state index contributed by atoms with van der Waals surface area (Å²) in [6, 6.07) is 6.52. The number of nitrogens with zero attached hydrogens (tertiary/aromatic N) is 3. The van der Waals surface area contributed by atoms with Crippen LogP contribution in [-0.4, -0.2) is 31.6 Å². The van der Waals surface area contributed by atoms with Gasteiger partial charge in [0.05, 0.1) is 5.75 Å². The molecule has 1 aliphatic rings. The van der Waals surface area contributed by atoms with E-state index >= 15 is 0 Å². The van der Waals surface area contributed by atoms with Gasteiger partial charge in [-0.15, -0.1) is 10.2 Å². The van der Waals surface area contributed by atoms with E-state index in [9.17, 15) is 4.79 Å². The Balaban J connectivity index is 2.00. The molecule has 1 heterocycles. The number of hydrogen-bond acceptors (Lipinski definition) is 4. The van der Waals surface area contributed by atoms with Crippen molar-refractivity contribution in [1.82, 2.24) is 14.8 Å². The second kappa shape index (κ2) is 5.81. The number of carbonyl (C=O) groups is 1. The zero-order valence-electron chi connectivity index (χ0n) is 11.4. The Bertz CT molecular complexity index is 677. The lowest BCUT2D eigenvalue weighted by atomic mass is 10.1. The van der Waals surface area contributed by atoms with Gasteiger partial charge in [0.15, 0.2) is 11.0 Å². The summed E-state index contributed by atoms with van der Waals surface area (Å²) in [4.78, 5) is 10.8. The summed E-state index contributed by atoms with van der Waals surface area (Å²) in [6.45, 7) is 2.03. The average Bonchev–Trinajstić information content (AvgIpc) is 3.15. The van der Waals surface area contributed by atoms with Gasteiger partial charge in [0, 0.05) is 16.1 Å². The van der Waals surface area contributed by atoms with Crippen LogP contribution in [0.4, 0.5) is 0 Å². The Morgan fingerprint density at radius 2 is 2.19 bits per heavy atom. The van der Waals surface area contributed by atoms with Crippen LogP contribution < -0.4 is 0 Å². The van der Waals surface area contributed by atoms with Gasteiger partial charge in [-0.25, -0.2) is 0 Å². The molecule has 0 aliphatic heterocycles. The van der Waals surface area contributed by atoms with Crippen LogP contribution in [0.3, 0.4) is 0 Å². The summed E-state index contributed by atoms with van der Waals surface area (Å²) < 4.78 is 3.08. The van der Waals surface area contributed by atoms with E-state index in [1.54, 1.807) is 0 Å². The molecule has 5 nitrogen and oxygen atoms in total. The SMILES string of the molecule is Cc1cc(Br)cc(-c2nnc(SCC(=O)O)n2C2CC2)c1. The molecule has 1 aromatic carbocycles. The van der Waals surface area contributed by atoms with Gasteiger partial charge in [-0.1, -0.05) is 27.7 Å². The first-order chi connectivity index (χ1) is 10.0. The number of aryl methyl sites for hydroxylation is 1. The van der Waals surface area contributed by atoms with Crippen molar-refractivity contribution in [2.45, 2.75) is 31.0 Å². The fraction of sp³-hybridized carbons (Fsp3) is 0.357. The lowest BCUT2D eigenvalue weighted by Crippen LogP contribution is -2.03. The molecule has 1 N–H and O–H groups in total.